The number of thioether (sulfide) groups is 1. The van der Waals surface area contributed by atoms with Crippen LogP contribution in [0.1, 0.15) is 25.7 Å². The Morgan fingerprint density at radius 3 is 2.53 bits per heavy atom. The van der Waals surface area contributed by atoms with Crippen molar-refractivity contribution in [3.05, 3.63) is 41.3 Å². The molecule has 1 saturated carbocycles. The zero-order valence-corrected chi connectivity index (χ0v) is 10.3. The standard InChI is InChI=1S/C14H14O2S/c15-13-10-12(14(16-13)8-4-5-9-14)17-11-6-2-1-3-7-11/h1-3,6-7,10H,4-5,8-9H2. The average Bonchev–Trinajstić information content (AvgIpc) is 2.90. The van der Waals surface area contributed by atoms with Gasteiger partial charge in [-0.25, -0.2) is 4.79 Å². The molecule has 17 heavy (non-hydrogen) atoms. The normalized spacial score (nSPS) is 21.6. The molecule has 1 fully saturated rings. The first-order valence-electron chi connectivity index (χ1n) is 5.97. The number of esters is 1. The fraction of sp³-hybridized carbons (Fsp3) is 0.357. The van der Waals surface area contributed by atoms with Gasteiger partial charge in [-0.2, -0.15) is 0 Å². The van der Waals surface area contributed by atoms with Crippen LogP contribution >= 0.6 is 11.8 Å². The van der Waals surface area contributed by atoms with Gasteiger partial charge in [0.2, 0.25) is 0 Å². The third-order valence-electron chi connectivity index (χ3n) is 3.38. The summed E-state index contributed by atoms with van der Waals surface area (Å²) < 4.78 is 5.54. The molecule has 1 aliphatic heterocycles. The van der Waals surface area contributed by atoms with Gasteiger partial charge in [0.15, 0.2) is 0 Å². The average molecular weight is 246 g/mol. The third kappa shape index (κ3) is 2.00. The zero-order chi connectivity index (χ0) is 11.7. The van der Waals surface area contributed by atoms with Crippen LogP contribution in [0.2, 0.25) is 0 Å². The molecule has 3 rings (SSSR count). The molecule has 0 unspecified atom stereocenters. The van der Waals surface area contributed by atoms with Gasteiger partial charge in [0.25, 0.3) is 0 Å². The quantitative estimate of drug-likeness (QED) is 0.747. The highest BCUT2D eigenvalue weighted by Gasteiger charge is 2.45. The maximum absolute atomic E-state index is 11.5. The van der Waals surface area contributed by atoms with E-state index in [0.717, 1.165) is 30.6 Å². The summed E-state index contributed by atoms with van der Waals surface area (Å²) in [5, 5.41) is 0. The van der Waals surface area contributed by atoms with Crippen molar-refractivity contribution < 1.29 is 9.53 Å². The first-order chi connectivity index (χ1) is 8.28. The topological polar surface area (TPSA) is 26.3 Å². The van der Waals surface area contributed by atoms with E-state index in [1.807, 2.05) is 18.2 Å². The number of carbonyl (C=O) groups excluding carboxylic acids is 1. The number of hydrogen-bond acceptors (Lipinski definition) is 3. The molecule has 0 radical (unpaired) electrons. The number of hydrogen-bond donors (Lipinski definition) is 0. The number of ether oxygens (including phenoxy) is 1. The second-order valence-corrected chi connectivity index (χ2v) is 5.66. The minimum atomic E-state index is -0.294. The molecule has 1 aromatic carbocycles. The van der Waals surface area contributed by atoms with Crippen molar-refractivity contribution in [3.8, 4) is 0 Å². The molecule has 0 bridgehead atoms. The van der Waals surface area contributed by atoms with Gasteiger partial charge in [-0.05, 0) is 37.8 Å². The predicted octanol–water partition coefficient (Wildman–Crippen LogP) is 3.53. The number of benzene rings is 1. The van der Waals surface area contributed by atoms with Crippen molar-refractivity contribution in [1.29, 1.82) is 0 Å². The molecule has 0 amide bonds. The van der Waals surface area contributed by atoms with Gasteiger partial charge in [-0.1, -0.05) is 30.0 Å². The SMILES string of the molecule is O=C1C=C(Sc2ccccc2)C2(CCCC2)O1. The van der Waals surface area contributed by atoms with Gasteiger partial charge in [-0.3, -0.25) is 0 Å². The van der Waals surface area contributed by atoms with E-state index in [0.29, 0.717) is 0 Å². The Bertz CT molecular complexity index is 458. The molecule has 1 spiro atoms. The van der Waals surface area contributed by atoms with Crippen LogP contribution in [0.25, 0.3) is 0 Å². The van der Waals surface area contributed by atoms with E-state index >= 15 is 0 Å². The van der Waals surface area contributed by atoms with Gasteiger partial charge < -0.3 is 4.74 Å². The predicted molar refractivity (Wildman–Crippen MR) is 67.7 cm³/mol. The summed E-state index contributed by atoms with van der Waals surface area (Å²) in [7, 11) is 0. The van der Waals surface area contributed by atoms with E-state index in [4.69, 9.17) is 4.74 Å². The largest absolute Gasteiger partial charge is 0.450 e. The molecule has 2 aliphatic rings. The Morgan fingerprint density at radius 2 is 1.82 bits per heavy atom. The lowest BCUT2D eigenvalue weighted by Gasteiger charge is -2.25. The van der Waals surface area contributed by atoms with Crippen molar-refractivity contribution in [2.45, 2.75) is 36.2 Å². The van der Waals surface area contributed by atoms with Crippen LogP contribution in [0.5, 0.6) is 0 Å². The molecule has 1 aromatic rings. The number of carbonyl (C=O) groups is 1. The summed E-state index contributed by atoms with van der Waals surface area (Å²) in [5.41, 5.74) is -0.294. The highest BCUT2D eigenvalue weighted by Crippen LogP contribution is 2.49. The molecule has 0 saturated heterocycles. The fourth-order valence-electron chi connectivity index (χ4n) is 2.54. The minimum Gasteiger partial charge on any atom is -0.450 e. The van der Waals surface area contributed by atoms with E-state index in [1.54, 1.807) is 17.8 Å². The van der Waals surface area contributed by atoms with Crippen LogP contribution in [-0.4, -0.2) is 11.6 Å². The van der Waals surface area contributed by atoms with Crippen LogP contribution in [0.15, 0.2) is 46.2 Å². The summed E-state index contributed by atoms with van der Waals surface area (Å²) in [4.78, 5) is 13.8. The molecule has 3 heteroatoms. The summed E-state index contributed by atoms with van der Waals surface area (Å²) in [5.74, 6) is -0.176. The Balaban J connectivity index is 1.86. The maximum atomic E-state index is 11.5. The van der Waals surface area contributed by atoms with E-state index in [9.17, 15) is 4.79 Å². The van der Waals surface area contributed by atoms with Crippen molar-refractivity contribution in [2.75, 3.05) is 0 Å². The monoisotopic (exact) mass is 246 g/mol. The molecule has 1 heterocycles. The highest BCUT2D eigenvalue weighted by atomic mass is 32.2. The molecule has 88 valence electrons. The summed E-state index contributed by atoms with van der Waals surface area (Å²) in [6.45, 7) is 0. The summed E-state index contributed by atoms with van der Waals surface area (Å²) in [6, 6.07) is 10.2. The van der Waals surface area contributed by atoms with E-state index in [-0.39, 0.29) is 11.6 Å². The summed E-state index contributed by atoms with van der Waals surface area (Å²) >= 11 is 1.67. The second-order valence-electron chi connectivity index (χ2n) is 4.55. The first kappa shape index (κ1) is 10.9. The molecule has 1 aliphatic carbocycles. The minimum absolute atomic E-state index is 0.176. The first-order valence-corrected chi connectivity index (χ1v) is 6.78. The van der Waals surface area contributed by atoms with Crippen molar-refractivity contribution in [1.82, 2.24) is 0 Å². The van der Waals surface area contributed by atoms with Crippen LogP contribution < -0.4 is 0 Å². The van der Waals surface area contributed by atoms with Gasteiger partial charge >= 0.3 is 5.97 Å². The highest BCUT2D eigenvalue weighted by molar-refractivity contribution is 8.03. The summed E-state index contributed by atoms with van der Waals surface area (Å²) in [6.07, 6.45) is 5.93. The Hall–Kier alpha value is -1.22. The van der Waals surface area contributed by atoms with Crippen LogP contribution in [-0.2, 0) is 9.53 Å². The lowest BCUT2D eigenvalue weighted by Crippen LogP contribution is -2.26. The Labute approximate surface area is 105 Å². The van der Waals surface area contributed by atoms with E-state index < -0.39 is 0 Å². The van der Waals surface area contributed by atoms with Crippen molar-refractivity contribution in [3.63, 3.8) is 0 Å². The lowest BCUT2D eigenvalue weighted by atomic mass is 10.0. The third-order valence-corrected chi connectivity index (χ3v) is 4.59. The van der Waals surface area contributed by atoms with Gasteiger partial charge in [0.1, 0.15) is 5.60 Å². The van der Waals surface area contributed by atoms with Crippen LogP contribution in [0, 0.1) is 0 Å². The Kier molecular flexibility index (Phi) is 2.71. The van der Waals surface area contributed by atoms with Gasteiger partial charge in [0, 0.05) is 15.9 Å². The zero-order valence-electron chi connectivity index (χ0n) is 9.52. The van der Waals surface area contributed by atoms with Crippen LogP contribution in [0.3, 0.4) is 0 Å². The van der Waals surface area contributed by atoms with Crippen molar-refractivity contribution in [2.24, 2.45) is 0 Å². The molecular formula is C14H14O2S. The maximum Gasteiger partial charge on any atom is 0.332 e. The molecule has 0 N–H and O–H groups in total. The van der Waals surface area contributed by atoms with E-state index in [2.05, 4.69) is 12.1 Å². The lowest BCUT2D eigenvalue weighted by molar-refractivity contribution is -0.145. The van der Waals surface area contributed by atoms with E-state index in [1.165, 1.54) is 4.90 Å². The second kappa shape index (κ2) is 4.22. The number of rotatable bonds is 2. The fourth-order valence-corrected chi connectivity index (χ4v) is 3.68. The van der Waals surface area contributed by atoms with Gasteiger partial charge in [-0.15, -0.1) is 0 Å². The van der Waals surface area contributed by atoms with Gasteiger partial charge in [0.05, 0.1) is 0 Å². The molecule has 2 nitrogen and oxygen atoms in total. The van der Waals surface area contributed by atoms with Crippen molar-refractivity contribution >= 4 is 17.7 Å². The Morgan fingerprint density at radius 1 is 1.12 bits per heavy atom. The smallest absolute Gasteiger partial charge is 0.332 e. The van der Waals surface area contributed by atoms with Crippen LogP contribution in [0.4, 0.5) is 0 Å². The molecule has 0 aromatic heterocycles. The molecular weight excluding hydrogens is 232 g/mol. The molecule has 0 atom stereocenters.